The van der Waals surface area contributed by atoms with Crippen molar-refractivity contribution < 1.29 is 24.8 Å². The molecule has 1 aromatic carbocycles. The van der Waals surface area contributed by atoms with Crippen LogP contribution < -0.4 is 0 Å². The molecule has 1 aliphatic heterocycles. The van der Waals surface area contributed by atoms with Gasteiger partial charge in [-0.25, -0.2) is 0 Å². The highest BCUT2D eigenvalue weighted by Gasteiger charge is 2.35. The van der Waals surface area contributed by atoms with Crippen LogP contribution in [0.15, 0.2) is 30.3 Å². The van der Waals surface area contributed by atoms with Crippen molar-refractivity contribution in [1.29, 1.82) is 0 Å². The van der Waals surface area contributed by atoms with Gasteiger partial charge in [-0.2, -0.15) is 0 Å². The Labute approximate surface area is 106 Å². The second-order valence-corrected chi connectivity index (χ2v) is 4.44. The second kappa shape index (κ2) is 6.26. The van der Waals surface area contributed by atoms with Crippen LogP contribution in [0.1, 0.15) is 12.0 Å². The van der Waals surface area contributed by atoms with Crippen LogP contribution in [0.25, 0.3) is 0 Å². The molecule has 4 atom stereocenters. The maximum absolute atomic E-state index is 9.49. The first-order chi connectivity index (χ1) is 8.66. The van der Waals surface area contributed by atoms with Crippen molar-refractivity contribution in [2.24, 2.45) is 0 Å². The first kappa shape index (κ1) is 13.5. The van der Waals surface area contributed by atoms with Gasteiger partial charge in [0.05, 0.1) is 25.4 Å². The fourth-order valence-electron chi connectivity index (χ4n) is 1.92. The Morgan fingerprint density at radius 2 is 1.89 bits per heavy atom. The lowest BCUT2D eigenvalue weighted by Crippen LogP contribution is -2.49. The normalized spacial score (nSPS) is 32.4. The summed E-state index contributed by atoms with van der Waals surface area (Å²) in [6, 6.07) is 9.70. The summed E-state index contributed by atoms with van der Waals surface area (Å²) >= 11 is 0. The highest BCUT2D eigenvalue weighted by Crippen LogP contribution is 2.19. The summed E-state index contributed by atoms with van der Waals surface area (Å²) in [6.45, 7) is 0.727. The van der Waals surface area contributed by atoms with Crippen molar-refractivity contribution in [3.05, 3.63) is 35.9 Å². The summed E-state index contributed by atoms with van der Waals surface area (Å²) in [5.41, 5.74) is 1.05. The molecule has 1 fully saturated rings. The topological polar surface area (TPSA) is 79.2 Å². The zero-order valence-corrected chi connectivity index (χ0v) is 9.98. The molecule has 2 rings (SSSR count). The van der Waals surface area contributed by atoms with E-state index >= 15 is 0 Å². The van der Waals surface area contributed by atoms with Crippen LogP contribution in [-0.4, -0.2) is 46.5 Å². The molecule has 0 aromatic heterocycles. The summed E-state index contributed by atoms with van der Waals surface area (Å²) in [4.78, 5) is 0. The summed E-state index contributed by atoms with van der Waals surface area (Å²) in [5, 5.41) is 28.1. The Morgan fingerprint density at radius 1 is 1.17 bits per heavy atom. The van der Waals surface area contributed by atoms with E-state index < -0.39 is 24.6 Å². The minimum absolute atomic E-state index is 0.257. The Kier molecular flexibility index (Phi) is 4.68. The fraction of sp³-hybridized carbons (Fsp3) is 0.538. The van der Waals surface area contributed by atoms with E-state index in [9.17, 15) is 15.3 Å². The molecule has 5 heteroatoms. The third kappa shape index (κ3) is 3.51. The largest absolute Gasteiger partial charge is 0.390 e. The molecule has 0 aliphatic carbocycles. The molecule has 100 valence electrons. The predicted octanol–water partition coefficient (Wildman–Crippen LogP) is 0.0323. The summed E-state index contributed by atoms with van der Waals surface area (Å²) in [7, 11) is 0. The van der Waals surface area contributed by atoms with E-state index in [-0.39, 0.29) is 13.0 Å². The van der Waals surface area contributed by atoms with Gasteiger partial charge in [0.1, 0.15) is 6.10 Å². The van der Waals surface area contributed by atoms with Gasteiger partial charge in [-0.05, 0) is 5.56 Å². The molecule has 0 amide bonds. The minimum Gasteiger partial charge on any atom is -0.390 e. The molecule has 2 unspecified atom stereocenters. The van der Waals surface area contributed by atoms with Gasteiger partial charge < -0.3 is 24.8 Å². The van der Waals surface area contributed by atoms with Gasteiger partial charge in [-0.15, -0.1) is 0 Å². The molecular weight excluding hydrogens is 236 g/mol. The van der Waals surface area contributed by atoms with Gasteiger partial charge in [0.25, 0.3) is 0 Å². The van der Waals surface area contributed by atoms with Gasteiger partial charge in [-0.1, -0.05) is 30.3 Å². The zero-order valence-electron chi connectivity index (χ0n) is 9.98. The van der Waals surface area contributed by atoms with Gasteiger partial charge in [0, 0.05) is 6.42 Å². The smallest absolute Gasteiger partial charge is 0.183 e. The molecule has 0 spiro atoms. The zero-order chi connectivity index (χ0) is 13.0. The van der Waals surface area contributed by atoms with Crippen molar-refractivity contribution in [3.8, 4) is 0 Å². The average molecular weight is 254 g/mol. The lowest BCUT2D eigenvalue weighted by atomic mass is 10.0. The molecule has 1 aromatic rings. The monoisotopic (exact) mass is 254 g/mol. The van der Waals surface area contributed by atoms with Crippen molar-refractivity contribution in [1.82, 2.24) is 0 Å². The van der Waals surface area contributed by atoms with Gasteiger partial charge in [-0.3, -0.25) is 0 Å². The quantitative estimate of drug-likeness (QED) is 0.706. The van der Waals surface area contributed by atoms with Crippen LogP contribution in [0.4, 0.5) is 0 Å². The summed E-state index contributed by atoms with van der Waals surface area (Å²) < 4.78 is 10.6. The van der Waals surface area contributed by atoms with E-state index in [2.05, 4.69) is 0 Å². The van der Waals surface area contributed by atoms with E-state index in [0.29, 0.717) is 6.61 Å². The van der Waals surface area contributed by atoms with E-state index in [1.165, 1.54) is 0 Å². The maximum Gasteiger partial charge on any atom is 0.183 e. The van der Waals surface area contributed by atoms with Crippen LogP contribution in [0, 0.1) is 0 Å². The summed E-state index contributed by atoms with van der Waals surface area (Å²) in [5.74, 6) is 0. The first-order valence-electron chi connectivity index (χ1n) is 5.98. The lowest BCUT2D eigenvalue weighted by Gasteiger charge is -2.34. The number of hydrogen-bond donors (Lipinski definition) is 3. The van der Waals surface area contributed by atoms with Gasteiger partial charge in [0.15, 0.2) is 6.29 Å². The van der Waals surface area contributed by atoms with Crippen molar-refractivity contribution in [2.45, 2.75) is 37.6 Å². The Morgan fingerprint density at radius 3 is 2.56 bits per heavy atom. The lowest BCUT2D eigenvalue weighted by molar-refractivity contribution is -0.254. The number of benzene rings is 1. The van der Waals surface area contributed by atoms with Crippen LogP contribution >= 0.6 is 0 Å². The number of hydrogen-bond acceptors (Lipinski definition) is 5. The number of aliphatic hydroxyl groups excluding tert-OH is 3. The van der Waals surface area contributed by atoms with Crippen LogP contribution in [-0.2, 0) is 16.1 Å². The molecule has 0 radical (unpaired) electrons. The highest BCUT2D eigenvalue weighted by molar-refractivity contribution is 5.13. The van der Waals surface area contributed by atoms with Crippen LogP contribution in [0.3, 0.4) is 0 Å². The summed E-state index contributed by atoms with van der Waals surface area (Å²) in [6.07, 6.45) is -3.71. The molecule has 1 saturated heterocycles. The maximum atomic E-state index is 9.49. The molecule has 0 bridgehead atoms. The van der Waals surface area contributed by atoms with Gasteiger partial charge in [0.2, 0.25) is 0 Å². The van der Waals surface area contributed by atoms with Crippen LogP contribution in [0.5, 0.6) is 0 Å². The fourth-order valence-corrected chi connectivity index (χ4v) is 1.92. The minimum atomic E-state index is -1.35. The number of rotatable bonds is 4. The molecular formula is C13H18O5. The molecule has 18 heavy (non-hydrogen) atoms. The van der Waals surface area contributed by atoms with Crippen molar-refractivity contribution in [3.63, 3.8) is 0 Å². The Hall–Kier alpha value is -0.980. The molecule has 1 aliphatic rings. The van der Waals surface area contributed by atoms with E-state index in [0.717, 1.165) is 5.56 Å². The van der Waals surface area contributed by atoms with Crippen molar-refractivity contribution >= 4 is 0 Å². The van der Waals surface area contributed by atoms with E-state index in [4.69, 9.17) is 9.47 Å². The van der Waals surface area contributed by atoms with Crippen LogP contribution in [0.2, 0.25) is 0 Å². The highest BCUT2D eigenvalue weighted by atomic mass is 16.6. The Bertz CT molecular complexity index is 344. The third-order valence-corrected chi connectivity index (χ3v) is 2.94. The van der Waals surface area contributed by atoms with E-state index in [1.807, 2.05) is 30.3 Å². The molecule has 5 nitrogen and oxygen atoms in total. The predicted molar refractivity (Wildman–Crippen MR) is 63.6 cm³/mol. The first-order valence-corrected chi connectivity index (χ1v) is 5.98. The number of ether oxygens (including phenoxy) is 2. The Balaban J connectivity index is 1.74. The molecule has 1 heterocycles. The molecule has 0 saturated carbocycles. The average Bonchev–Trinajstić information content (AvgIpc) is 2.37. The second-order valence-electron chi connectivity index (χ2n) is 4.44. The van der Waals surface area contributed by atoms with Crippen molar-refractivity contribution in [2.75, 3.05) is 6.61 Å². The van der Waals surface area contributed by atoms with E-state index in [1.54, 1.807) is 0 Å². The molecule has 3 N–H and O–H groups in total. The number of aliphatic hydroxyl groups is 3. The third-order valence-electron chi connectivity index (χ3n) is 2.94. The standard InChI is InChI=1S/C13H18O5/c14-11-6-10(18-13(16)12(11)15)8-17-7-9-4-2-1-3-5-9/h1-5,10-16H,6-8H2/t10-,11?,12?,13+/m1/s1. The SMILES string of the molecule is OC1C[C@H](COCc2ccccc2)O[C@H](O)C1O. The van der Waals surface area contributed by atoms with Gasteiger partial charge >= 0.3 is 0 Å².